The highest BCUT2D eigenvalue weighted by Crippen LogP contribution is 2.19. The van der Waals surface area contributed by atoms with Gasteiger partial charge in [-0.05, 0) is 19.3 Å². The van der Waals surface area contributed by atoms with Gasteiger partial charge in [-0.1, -0.05) is 34.1 Å². The van der Waals surface area contributed by atoms with E-state index in [9.17, 15) is 0 Å². The molecule has 1 aromatic heterocycles. The Morgan fingerprint density at radius 3 is 2.59 bits per heavy atom. The third-order valence-corrected chi connectivity index (χ3v) is 3.30. The van der Waals surface area contributed by atoms with Crippen molar-refractivity contribution in [3.05, 3.63) is 18.2 Å². The van der Waals surface area contributed by atoms with E-state index in [4.69, 9.17) is 0 Å². The van der Waals surface area contributed by atoms with Crippen molar-refractivity contribution in [3.63, 3.8) is 0 Å². The van der Waals surface area contributed by atoms with Crippen molar-refractivity contribution in [1.82, 2.24) is 14.9 Å². The molecule has 0 aromatic carbocycles. The van der Waals surface area contributed by atoms with E-state index in [1.807, 2.05) is 6.33 Å². The van der Waals surface area contributed by atoms with Gasteiger partial charge in [0.2, 0.25) is 0 Å². The highest BCUT2D eigenvalue weighted by Gasteiger charge is 2.09. The van der Waals surface area contributed by atoms with E-state index in [0.29, 0.717) is 12.1 Å². The van der Waals surface area contributed by atoms with Crippen molar-refractivity contribution >= 4 is 0 Å². The zero-order valence-electron chi connectivity index (χ0n) is 11.9. The Labute approximate surface area is 106 Å². The molecule has 3 nitrogen and oxygen atoms in total. The molecule has 17 heavy (non-hydrogen) atoms. The quantitative estimate of drug-likeness (QED) is 0.788. The summed E-state index contributed by atoms with van der Waals surface area (Å²) >= 11 is 0. The number of hydrogen-bond donors (Lipinski definition) is 1. The van der Waals surface area contributed by atoms with Gasteiger partial charge in [0.25, 0.3) is 0 Å². The first-order chi connectivity index (χ1) is 8.02. The van der Waals surface area contributed by atoms with Gasteiger partial charge < -0.3 is 9.88 Å². The number of rotatable bonds is 7. The van der Waals surface area contributed by atoms with E-state index in [-0.39, 0.29) is 0 Å². The van der Waals surface area contributed by atoms with Gasteiger partial charge in [-0.15, -0.1) is 0 Å². The zero-order valence-corrected chi connectivity index (χ0v) is 11.9. The Hall–Kier alpha value is -0.830. The van der Waals surface area contributed by atoms with Crippen LogP contribution in [0.2, 0.25) is 0 Å². The maximum absolute atomic E-state index is 4.44. The van der Waals surface area contributed by atoms with Crippen molar-refractivity contribution in [1.29, 1.82) is 0 Å². The molecule has 1 aromatic rings. The van der Waals surface area contributed by atoms with Gasteiger partial charge >= 0.3 is 0 Å². The van der Waals surface area contributed by atoms with Crippen LogP contribution in [0.15, 0.2) is 12.5 Å². The summed E-state index contributed by atoms with van der Waals surface area (Å²) in [6.45, 7) is 12.0. The van der Waals surface area contributed by atoms with Crippen LogP contribution in [0, 0.1) is 5.92 Å². The molecule has 0 spiro atoms. The molecular weight excluding hydrogens is 210 g/mol. The Kier molecular flexibility index (Phi) is 5.69. The standard InChI is InChI=1S/C14H27N3/c1-6-12(4)7-13(5)17-9-14(16-10-17)8-15-11(2)3/h9-13,15H,6-8H2,1-5H3. The van der Waals surface area contributed by atoms with Gasteiger partial charge in [0.15, 0.2) is 0 Å². The van der Waals surface area contributed by atoms with Gasteiger partial charge in [-0.3, -0.25) is 0 Å². The van der Waals surface area contributed by atoms with Crippen molar-refractivity contribution in [3.8, 4) is 0 Å². The van der Waals surface area contributed by atoms with Crippen molar-refractivity contribution < 1.29 is 0 Å². The van der Waals surface area contributed by atoms with Crippen LogP contribution in [0.3, 0.4) is 0 Å². The Morgan fingerprint density at radius 2 is 2.00 bits per heavy atom. The largest absolute Gasteiger partial charge is 0.334 e. The molecule has 0 amide bonds. The third kappa shape index (κ3) is 4.90. The Morgan fingerprint density at radius 1 is 1.29 bits per heavy atom. The average molecular weight is 237 g/mol. The minimum absolute atomic E-state index is 0.512. The number of aromatic nitrogens is 2. The summed E-state index contributed by atoms with van der Waals surface area (Å²) < 4.78 is 2.24. The van der Waals surface area contributed by atoms with Crippen molar-refractivity contribution in [2.24, 2.45) is 5.92 Å². The van der Waals surface area contributed by atoms with E-state index >= 15 is 0 Å². The predicted octanol–water partition coefficient (Wildman–Crippen LogP) is 3.38. The first kappa shape index (κ1) is 14.2. The molecular formula is C14H27N3. The lowest BCUT2D eigenvalue weighted by Crippen LogP contribution is -2.21. The highest BCUT2D eigenvalue weighted by atomic mass is 15.1. The molecule has 0 radical (unpaired) electrons. The van der Waals surface area contributed by atoms with Crippen LogP contribution < -0.4 is 5.32 Å². The second-order valence-electron chi connectivity index (χ2n) is 5.45. The Balaban J connectivity index is 2.49. The molecule has 1 rings (SSSR count). The molecule has 3 heteroatoms. The number of imidazole rings is 1. The summed E-state index contributed by atoms with van der Waals surface area (Å²) in [6, 6.07) is 1.06. The first-order valence-electron chi connectivity index (χ1n) is 6.78. The third-order valence-electron chi connectivity index (χ3n) is 3.30. The fraction of sp³-hybridized carbons (Fsp3) is 0.786. The average Bonchev–Trinajstić information content (AvgIpc) is 2.74. The lowest BCUT2D eigenvalue weighted by atomic mass is 10.0. The van der Waals surface area contributed by atoms with E-state index in [1.54, 1.807) is 0 Å². The van der Waals surface area contributed by atoms with Crippen LogP contribution >= 0.6 is 0 Å². The molecule has 0 aliphatic rings. The molecule has 0 fully saturated rings. The molecule has 0 aliphatic heterocycles. The molecule has 1 N–H and O–H groups in total. The second-order valence-corrected chi connectivity index (χ2v) is 5.45. The topological polar surface area (TPSA) is 29.9 Å². The number of nitrogens with one attached hydrogen (secondary N) is 1. The summed E-state index contributed by atoms with van der Waals surface area (Å²) in [7, 11) is 0. The summed E-state index contributed by atoms with van der Waals surface area (Å²) in [5.74, 6) is 0.782. The molecule has 2 atom stereocenters. The Bertz CT molecular complexity index is 317. The van der Waals surface area contributed by atoms with Gasteiger partial charge in [-0.25, -0.2) is 4.98 Å². The second kappa shape index (κ2) is 6.80. The summed E-state index contributed by atoms with van der Waals surface area (Å²) in [6.07, 6.45) is 6.61. The molecule has 98 valence electrons. The lowest BCUT2D eigenvalue weighted by molar-refractivity contribution is 0.398. The van der Waals surface area contributed by atoms with Gasteiger partial charge in [0.1, 0.15) is 0 Å². The van der Waals surface area contributed by atoms with Gasteiger partial charge in [-0.2, -0.15) is 0 Å². The van der Waals surface area contributed by atoms with Crippen LogP contribution in [0.25, 0.3) is 0 Å². The van der Waals surface area contributed by atoms with Gasteiger partial charge in [0, 0.05) is 24.8 Å². The molecule has 1 heterocycles. The van der Waals surface area contributed by atoms with Gasteiger partial charge in [0.05, 0.1) is 12.0 Å². The maximum atomic E-state index is 4.44. The summed E-state index contributed by atoms with van der Waals surface area (Å²) in [5, 5.41) is 3.39. The summed E-state index contributed by atoms with van der Waals surface area (Å²) in [5.41, 5.74) is 1.13. The van der Waals surface area contributed by atoms with E-state index in [1.165, 1.54) is 12.8 Å². The lowest BCUT2D eigenvalue weighted by Gasteiger charge is -2.16. The van der Waals surface area contributed by atoms with Crippen LogP contribution in [0.1, 0.15) is 59.2 Å². The fourth-order valence-corrected chi connectivity index (χ4v) is 1.89. The number of hydrogen-bond acceptors (Lipinski definition) is 2. The highest BCUT2D eigenvalue weighted by molar-refractivity contribution is 4.97. The van der Waals surface area contributed by atoms with Crippen LogP contribution in [0.4, 0.5) is 0 Å². The van der Waals surface area contributed by atoms with E-state index < -0.39 is 0 Å². The molecule has 0 aliphatic carbocycles. The van der Waals surface area contributed by atoms with Crippen LogP contribution in [-0.4, -0.2) is 15.6 Å². The van der Waals surface area contributed by atoms with Crippen LogP contribution in [-0.2, 0) is 6.54 Å². The van der Waals surface area contributed by atoms with E-state index in [2.05, 4.69) is 55.7 Å². The molecule has 2 unspecified atom stereocenters. The maximum Gasteiger partial charge on any atom is 0.0952 e. The molecule has 0 bridgehead atoms. The zero-order chi connectivity index (χ0) is 12.8. The van der Waals surface area contributed by atoms with Crippen LogP contribution in [0.5, 0.6) is 0 Å². The SMILES string of the molecule is CCC(C)CC(C)n1cnc(CNC(C)C)c1. The fourth-order valence-electron chi connectivity index (χ4n) is 1.89. The minimum Gasteiger partial charge on any atom is -0.334 e. The van der Waals surface area contributed by atoms with E-state index in [0.717, 1.165) is 18.2 Å². The van der Waals surface area contributed by atoms with Crippen molar-refractivity contribution in [2.75, 3.05) is 0 Å². The predicted molar refractivity (Wildman–Crippen MR) is 73.0 cm³/mol. The van der Waals surface area contributed by atoms with Crippen molar-refractivity contribution in [2.45, 2.75) is 66.1 Å². The number of nitrogens with zero attached hydrogens (tertiary/aromatic N) is 2. The molecule has 0 saturated heterocycles. The summed E-state index contributed by atoms with van der Waals surface area (Å²) in [4.78, 5) is 4.44. The minimum atomic E-state index is 0.512. The normalized spacial score (nSPS) is 15.2. The molecule has 0 saturated carbocycles. The first-order valence-corrected chi connectivity index (χ1v) is 6.78. The monoisotopic (exact) mass is 237 g/mol. The smallest absolute Gasteiger partial charge is 0.0952 e.